The van der Waals surface area contributed by atoms with E-state index in [9.17, 15) is 9.59 Å². The minimum Gasteiger partial charge on any atom is -0.347 e. The number of amides is 2. The zero-order chi connectivity index (χ0) is 19.3. The van der Waals surface area contributed by atoms with E-state index in [1.165, 1.54) is 0 Å². The maximum absolute atomic E-state index is 12.1. The summed E-state index contributed by atoms with van der Waals surface area (Å²) in [6.07, 6.45) is 0.902. The van der Waals surface area contributed by atoms with Gasteiger partial charge in [-0.25, -0.2) is 0 Å². The second-order valence-corrected chi connectivity index (χ2v) is 7.09. The fourth-order valence-electron chi connectivity index (χ4n) is 2.88. The number of aryl methyl sites for hydroxylation is 5. The normalized spacial score (nSPS) is 10.5. The lowest BCUT2D eigenvalue weighted by molar-refractivity contribution is -0.124. The van der Waals surface area contributed by atoms with Gasteiger partial charge in [-0.3, -0.25) is 9.59 Å². The predicted octanol–water partition coefficient (Wildman–Crippen LogP) is 4.26. The van der Waals surface area contributed by atoms with Crippen LogP contribution in [-0.4, -0.2) is 18.4 Å². The van der Waals surface area contributed by atoms with Crippen molar-refractivity contribution < 1.29 is 9.59 Å². The van der Waals surface area contributed by atoms with E-state index in [0.717, 1.165) is 33.5 Å². The first kappa shape index (κ1) is 20.0. The molecule has 0 bridgehead atoms. The van der Waals surface area contributed by atoms with Gasteiger partial charge in [-0.1, -0.05) is 41.4 Å². The first-order chi connectivity index (χ1) is 12.3. The van der Waals surface area contributed by atoms with Gasteiger partial charge in [0.15, 0.2) is 0 Å². The quantitative estimate of drug-likeness (QED) is 0.795. The van der Waals surface area contributed by atoms with Crippen LogP contribution in [0.25, 0.3) is 0 Å². The summed E-state index contributed by atoms with van der Waals surface area (Å²) >= 11 is 6.09. The summed E-state index contributed by atoms with van der Waals surface area (Å²) < 4.78 is 0. The highest BCUT2D eigenvalue weighted by Gasteiger charge is 2.10. The lowest BCUT2D eigenvalue weighted by Gasteiger charge is -2.13. The minimum atomic E-state index is -0.230. The Kier molecular flexibility index (Phi) is 6.81. The largest absolute Gasteiger partial charge is 0.347 e. The molecule has 2 N–H and O–H groups in total. The Balaban J connectivity index is 1.81. The van der Waals surface area contributed by atoms with Crippen LogP contribution in [-0.2, 0) is 16.0 Å². The van der Waals surface area contributed by atoms with E-state index in [2.05, 4.69) is 10.6 Å². The van der Waals surface area contributed by atoms with Crippen molar-refractivity contribution in [2.75, 3.05) is 11.9 Å². The van der Waals surface area contributed by atoms with Crippen molar-refractivity contribution in [3.05, 3.63) is 63.2 Å². The second-order valence-electron chi connectivity index (χ2n) is 6.68. The summed E-state index contributed by atoms with van der Waals surface area (Å²) in [5.41, 5.74) is 6.01. The van der Waals surface area contributed by atoms with Crippen molar-refractivity contribution in [3.63, 3.8) is 0 Å². The van der Waals surface area contributed by atoms with Gasteiger partial charge in [0, 0.05) is 17.1 Å². The Hall–Kier alpha value is -2.33. The van der Waals surface area contributed by atoms with Crippen molar-refractivity contribution >= 4 is 29.1 Å². The third kappa shape index (κ3) is 5.60. The molecule has 0 aromatic heterocycles. The van der Waals surface area contributed by atoms with Crippen molar-refractivity contribution in [2.45, 2.75) is 40.5 Å². The van der Waals surface area contributed by atoms with Crippen LogP contribution >= 0.6 is 11.6 Å². The zero-order valence-electron chi connectivity index (χ0n) is 15.7. The maximum Gasteiger partial charge on any atom is 0.243 e. The van der Waals surface area contributed by atoms with Crippen molar-refractivity contribution in [2.24, 2.45) is 0 Å². The van der Waals surface area contributed by atoms with Gasteiger partial charge in [-0.05, 0) is 62.4 Å². The molecule has 5 heteroatoms. The Morgan fingerprint density at radius 2 is 1.58 bits per heavy atom. The van der Waals surface area contributed by atoms with Gasteiger partial charge in [0.05, 0.1) is 6.54 Å². The molecule has 0 unspecified atom stereocenters. The van der Waals surface area contributed by atoms with Crippen molar-refractivity contribution in [1.82, 2.24) is 5.32 Å². The summed E-state index contributed by atoms with van der Waals surface area (Å²) in [5.74, 6) is -0.388. The lowest BCUT2D eigenvalue weighted by Crippen LogP contribution is -2.33. The number of rotatable bonds is 6. The number of halogens is 1. The highest BCUT2D eigenvalue weighted by molar-refractivity contribution is 6.31. The Labute approximate surface area is 159 Å². The van der Waals surface area contributed by atoms with E-state index in [0.29, 0.717) is 17.9 Å². The average molecular weight is 373 g/mol. The number of carbonyl (C=O) groups excluding carboxylic acids is 2. The smallest absolute Gasteiger partial charge is 0.243 e. The molecule has 0 saturated heterocycles. The molecule has 4 nitrogen and oxygen atoms in total. The van der Waals surface area contributed by atoms with Gasteiger partial charge in [0.2, 0.25) is 11.8 Å². The summed E-state index contributed by atoms with van der Waals surface area (Å²) in [6, 6.07) is 9.82. The SMILES string of the molecule is Cc1cc(C)c(NC(=O)CNC(=O)CCc2ccc(C)c(Cl)c2)c(C)c1. The first-order valence-electron chi connectivity index (χ1n) is 8.65. The van der Waals surface area contributed by atoms with Crippen LogP contribution < -0.4 is 10.6 Å². The summed E-state index contributed by atoms with van der Waals surface area (Å²) in [6.45, 7) is 7.84. The predicted molar refractivity (Wildman–Crippen MR) is 107 cm³/mol. The third-order valence-corrected chi connectivity index (χ3v) is 4.67. The molecule has 0 radical (unpaired) electrons. The number of benzene rings is 2. The minimum absolute atomic E-state index is 0.0414. The highest BCUT2D eigenvalue weighted by Crippen LogP contribution is 2.21. The standard InChI is InChI=1S/C21H25ClN2O2/c1-13-9-15(3)21(16(4)10-13)24-20(26)12-23-19(25)8-7-17-6-5-14(2)18(22)11-17/h5-6,9-11H,7-8,12H2,1-4H3,(H,23,25)(H,24,26). The number of nitrogens with one attached hydrogen (secondary N) is 2. The summed E-state index contributed by atoms with van der Waals surface area (Å²) in [5, 5.41) is 6.24. The van der Waals surface area contributed by atoms with Gasteiger partial charge in [-0.15, -0.1) is 0 Å². The Bertz CT molecular complexity index is 808. The molecule has 0 fully saturated rings. The molecule has 138 valence electrons. The Morgan fingerprint density at radius 3 is 2.19 bits per heavy atom. The third-order valence-electron chi connectivity index (χ3n) is 4.26. The molecule has 0 aliphatic heterocycles. The van der Waals surface area contributed by atoms with Gasteiger partial charge in [0.1, 0.15) is 0 Å². The van der Waals surface area contributed by atoms with Crippen LogP contribution in [0.4, 0.5) is 5.69 Å². The maximum atomic E-state index is 12.1. The van der Waals surface area contributed by atoms with E-state index in [1.54, 1.807) is 0 Å². The first-order valence-corrected chi connectivity index (χ1v) is 9.03. The molecular formula is C21H25ClN2O2. The van der Waals surface area contributed by atoms with E-state index >= 15 is 0 Å². The van der Waals surface area contributed by atoms with E-state index in [1.807, 2.05) is 58.0 Å². The molecule has 0 saturated carbocycles. The van der Waals surface area contributed by atoms with E-state index in [4.69, 9.17) is 11.6 Å². The van der Waals surface area contributed by atoms with Gasteiger partial charge >= 0.3 is 0 Å². The number of anilines is 1. The number of carbonyl (C=O) groups is 2. The lowest BCUT2D eigenvalue weighted by atomic mass is 10.1. The van der Waals surface area contributed by atoms with Crippen LogP contribution in [0.5, 0.6) is 0 Å². The molecule has 0 atom stereocenters. The van der Waals surface area contributed by atoms with Gasteiger partial charge < -0.3 is 10.6 Å². The second kappa shape index (κ2) is 8.86. The molecule has 0 aliphatic rings. The number of hydrogen-bond donors (Lipinski definition) is 2. The fraction of sp³-hybridized carbons (Fsp3) is 0.333. The van der Waals surface area contributed by atoms with Crippen LogP contribution in [0.1, 0.15) is 34.2 Å². The van der Waals surface area contributed by atoms with Crippen LogP contribution in [0, 0.1) is 27.7 Å². The van der Waals surface area contributed by atoms with Gasteiger partial charge in [-0.2, -0.15) is 0 Å². The Morgan fingerprint density at radius 1 is 0.923 bits per heavy atom. The molecule has 2 rings (SSSR count). The van der Waals surface area contributed by atoms with Crippen molar-refractivity contribution in [1.29, 1.82) is 0 Å². The number of hydrogen-bond acceptors (Lipinski definition) is 2. The molecule has 2 amide bonds. The molecule has 0 heterocycles. The molecule has 26 heavy (non-hydrogen) atoms. The fourth-order valence-corrected chi connectivity index (χ4v) is 3.08. The molecule has 2 aromatic carbocycles. The average Bonchev–Trinajstić information content (AvgIpc) is 2.57. The molecule has 0 aliphatic carbocycles. The van der Waals surface area contributed by atoms with E-state index < -0.39 is 0 Å². The topological polar surface area (TPSA) is 58.2 Å². The highest BCUT2D eigenvalue weighted by atomic mass is 35.5. The molecular weight excluding hydrogens is 348 g/mol. The monoisotopic (exact) mass is 372 g/mol. The van der Waals surface area contributed by atoms with Crippen molar-refractivity contribution in [3.8, 4) is 0 Å². The molecule has 2 aromatic rings. The van der Waals surface area contributed by atoms with Crippen LogP contribution in [0.2, 0.25) is 5.02 Å². The summed E-state index contributed by atoms with van der Waals surface area (Å²) in [4.78, 5) is 24.1. The zero-order valence-corrected chi connectivity index (χ0v) is 16.5. The summed E-state index contributed by atoms with van der Waals surface area (Å²) in [7, 11) is 0. The van der Waals surface area contributed by atoms with Gasteiger partial charge in [0.25, 0.3) is 0 Å². The van der Waals surface area contributed by atoms with E-state index in [-0.39, 0.29) is 18.4 Å². The molecule has 0 spiro atoms. The van der Waals surface area contributed by atoms with Crippen LogP contribution in [0.3, 0.4) is 0 Å². The van der Waals surface area contributed by atoms with Crippen LogP contribution in [0.15, 0.2) is 30.3 Å².